The molecule has 3 aromatic carbocycles. The van der Waals surface area contributed by atoms with Crippen molar-refractivity contribution in [1.82, 2.24) is 9.80 Å². The van der Waals surface area contributed by atoms with Gasteiger partial charge >= 0.3 is 0 Å². The molecule has 38 heavy (non-hydrogen) atoms. The summed E-state index contributed by atoms with van der Waals surface area (Å²) in [5, 5.41) is 24.7. The van der Waals surface area contributed by atoms with Gasteiger partial charge in [0.15, 0.2) is 5.76 Å². The van der Waals surface area contributed by atoms with Gasteiger partial charge in [-0.15, -0.1) is 0 Å². The molecule has 0 aliphatic carbocycles. The molecule has 1 fully saturated rings. The van der Waals surface area contributed by atoms with Crippen LogP contribution in [-0.2, 0) is 0 Å². The van der Waals surface area contributed by atoms with E-state index in [9.17, 15) is 15.2 Å². The quantitative estimate of drug-likeness (QED) is 0.382. The third kappa shape index (κ3) is 4.53. The van der Waals surface area contributed by atoms with Crippen LogP contribution < -0.4 is 4.74 Å². The van der Waals surface area contributed by atoms with Crippen LogP contribution in [-0.4, -0.2) is 60.3 Å². The van der Waals surface area contributed by atoms with E-state index in [-0.39, 0.29) is 5.91 Å². The van der Waals surface area contributed by atoms with Gasteiger partial charge in [-0.1, -0.05) is 60.7 Å². The van der Waals surface area contributed by atoms with Crippen molar-refractivity contribution in [2.45, 2.75) is 19.1 Å². The molecule has 0 radical (unpaired) electrons. The van der Waals surface area contributed by atoms with Crippen LogP contribution >= 0.6 is 0 Å². The van der Waals surface area contributed by atoms with Crippen molar-refractivity contribution in [3.63, 3.8) is 0 Å². The van der Waals surface area contributed by atoms with E-state index < -0.39 is 17.6 Å². The first-order valence-electron chi connectivity index (χ1n) is 12.7. The van der Waals surface area contributed by atoms with E-state index in [1.165, 1.54) is 6.26 Å². The molecule has 1 amide bonds. The summed E-state index contributed by atoms with van der Waals surface area (Å²) < 4.78 is 11.0. The zero-order valence-corrected chi connectivity index (χ0v) is 21.6. The molecule has 0 spiro atoms. The first-order valence-corrected chi connectivity index (χ1v) is 12.7. The molecule has 5 rings (SSSR count). The fourth-order valence-corrected chi connectivity index (χ4v) is 5.60. The molecular weight excluding hydrogens is 478 g/mol. The lowest BCUT2D eigenvalue weighted by atomic mass is 9.68. The second kappa shape index (κ2) is 10.7. The van der Waals surface area contributed by atoms with Crippen LogP contribution in [0.5, 0.6) is 5.75 Å². The molecule has 0 bridgehead atoms. The Morgan fingerprint density at radius 2 is 1.66 bits per heavy atom. The van der Waals surface area contributed by atoms with Gasteiger partial charge in [-0.3, -0.25) is 9.69 Å². The highest BCUT2D eigenvalue weighted by Gasteiger charge is 2.47. The van der Waals surface area contributed by atoms with Crippen LogP contribution in [0, 0.1) is 16.7 Å². The maximum Gasteiger partial charge on any atom is 0.289 e. The van der Waals surface area contributed by atoms with Crippen molar-refractivity contribution in [3.8, 4) is 11.8 Å². The lowest BCUT2D eigenvalue weighted by Gasteiger charge is -2.45. The van der Waals surface area contributed by atoms with Gasteiger partial charge in [-0.25, -0.2) is 0 Å². The Morgan fingerprint density at radius 3 is 2.37 bits per heavy atom. The van der Waals surface area contributed by atoms with Crippen LogP contribution in [0.4, 0.5) is 0 Å². The molecule has 1 N–H and O–H groups in total. The zero-order valence-electron chi connectivity index (χ0n) is 21.6. The van der Waals surface area contributed by atoms with Gasteiger partial charge < -0.3 is 19.2 Å². The Balaban J connectivity index is 1.52. The topological polar surface area (TPSA) is 89.9 Å². The number of piperazine rings is 1. The van der Waals surface area contributed by atoms with Gasteiger partial charge in [0.05, 0.1) is 19.4 Å². The number of rotatable bonds is 7. The Morgan fingerprint density at radius 1 is 0.974 bits per heavy atom. The summed E-state index contributed by atoms with van der Waals surface area (Å²) in [5.41, 5.74) is 0.537. The summed E-state index contributed by atoms with van der Waals surface area (Å²) >= 11 is 0. The standard InChI is InChI=1S/C31H31N3O4/c1-31(21-32,30(36)34-18-16-33(17-19-34)29(35)27-15-8-20-38-27)28(25-12-5-6-14-26(25)37-2)24-13-7-10-22-9-3-4-11-23(22)24/h3-15,20,28,30,36H,16-19H2,1-2H3/t28-,30?,31+/m0/s1. The van der Waals surface area contributed by atoms with Crippen molar-refractivity contribution in [2.75, 3.05) is 33.3 Å². The predicted molar refractivity (Wildman–Crippen MR) is 145 cm³/mol. The molecule has 1 aliphatic rings. The highest BCUT2D eigenvalue weighted by molar-refractivity contribution is 5.91. The summed E-state index contributed by atoms with van der Waals surface area (Å²) in [6.45, 7) is 3.52. The molecule has 7 heteroatoms. The van der Waals surface area contributed by atoms with E-state index in [4.69, 9.17) is 9.15 Å². The molecule has 1 unspecified atom stereocenters. The summed E-state index contributed by atoms with van der Waals surface area (Å²) in [7, 11) is 1.62. The number of carbonyl (C=O) groups excluding carboxylic acids is 1. The Kier molecular flexibility index (Phi) is 7.19. The number of nitriles is 1. The minimum atomic E-state index is -1.24. The average Bonchev–Trinajstić information content (AvgIpc) is 3.52. The van der Waals surface area contributed by atoms with E-state index in [2.05, 4.69) is 12.1 Å². The molecule has 7 nitrogen and oxygen atoms in total. The molecule has 194 valence electrons. The van der Waals surface area contributed by atoms with E-state index in [1.807, 2.05) is 72.5 Å². The predicted octanol–water partition coefficient (Wildman–Crippen LogP) is 4.88. The van der Waals surface area contributed by atoms with Gasteiger partial charge in [0.2, 0.25) is 0 Å². The fourth-order valence-electron chi connectivity index (χ4n) is 5.60. The number of hydrogen-bond donors (Lipinski definition) is 1. The number of benzene rings is 3. The normalized spacial score (nSPS) is 17.4. The van der Waals surface area contributed by atoms with Crippen LogP contribution in [0.3, 0.4) is 0 Å². The molecule has 1 aliphatic heterocycles. The Bertz CT molecular complexity index is 1450. The molecule has 3 atom stereocenters. The number of hydrogen-bond acceptors (Lipinski definition) is 6. The van der Waals surface area contributed by atoms with Crippen molar-refractivity contribution >= 4 is 16.7 Å². The maximum atomic E-state index is 12.7. The number of fused-ring (bicyclic) bond motifs is 1. The van der Waals surface area contributed by atoms with Gasteiger partial charge in [-0.05, 0) is 41.5 Å². The number of amides is 1. The number of para-hydroxylation sites is 1. The van der Waals surface area contributed by atoms with Gasteiger partial charge in [-0.2, -0.15) is 5.26 Å². The number of carbonyl (C=O) groups is 1. The number of aliphatic hydroxyl groups excluding tert-OH is 1. The lowest BCUT2D eigenvalue weighted by Crippen LogP contribution is -2.57. The van der Waals surface area contributed by atoms with E-state index in [0.29, 0.717) is 37.7 Å². The minimum Gasteiger partial charge on any atom is -0.496 e. The van der Waals surface area contributed by atoms with Crippen LogP contribution in [0.25, 0.3) is 10.8 Å². The average molecular weight is 510 g/mol. The smallest absolute Gasteiger partial charge is 0.289 e. The second-order valence-electron chi connectivity index (χ2n) is 9.82. The van der Waals surface area contributed by atoms with Crippen LogP contribution in [0.15, 0.2) is 89.5 Å². The van der Waals surface area contributed by atoms with E-state index in [1.54, 1.807) is 24.1 Å². The third-order valence-electron chi connectivity index (χ3n) is 7.64. The monoisotopic (exact) mass is 509 g/mol. The van der Waals surface area contributed by atoms with Crippen LogP contribution in [0.2, 0.25) is 0 Å². The maximum absolute atomic E-state index is 12.7. The molecule has 0 saturated carbocycles. The zero-order chi connectivity index (χ0) is 26.7. The molecule has 2 heterocycles. The largest absolute Gasteiger partial charge is 0.496 e. The number of nitrogens with zero attached hydrogens (tertiary/aromatic N) is 3. The van der Waals surface area contributed by atoms with E-state index >= 15 is 0 Å². The van der Waals surface area contributed by atoms with E-state index in [0.717, 1.165) is 21.9 Å². The summed E-state index contributed by atoms with van der Waals surface area (Å²) in [6.07, 6.45) is 0.388. The first-order chi connectivity index (χ1) is 18.5. The highest BCUT2D eigenvalue weighted by atomic mass is 16.5. The van der Waals surface area contributed by atoms with Gasteiger partial charge in [0.1, 0.15) is 17.4 Å². The fraction of sp³-hybridized carbons (Fsp3) is 0.290. The molecule has 1 saturated heterocycles. The van der Waals surface area contributed by atoms with Gasteiger partial charge in [0.25, 0.3) is 5.91 Å². The van der Waals surface area contributed by atoms with Crippen molar-refractivity contribution in [2.24, 2.45) is 5.41 Å². The summed E-state index contributed by atoms with van der Waals surface area (Å²) in [5.74, 6) is 0.295. The molecular formula is C31H31N3O4. The minimum absolute atomic E-state index is 0.171. The number of aliphatic hydroxyl groups is 1. The summed E-state index contributed by atoms with van der Waals surface area (Å²) in [4.78, 5) is 16.4. The number of ether oxygens (including phenoxy) is 1. The molecule has 1 aromatic heterocycles. The third-order valence-corrected chi connectivity index (χ3v) is 7.64. The van der Waals surface area contributed by atoms with Crippen LogP contribution in [0.1, 0.15) is 34.5 Å². The summed E-state index contributed by atoms with van der Waals surface area (Å²) in [6, 6.07) is 27.7. The van der Waals surface area contributed by atoms with Crippen molar-refractivity contribution in [1.29, 1.82) is 5.26 Å². The molecule has 4 aromatic rings. The van der Waals surface area contributed by atoms with Crippen molar-refractivity contribution in [3.05, 3.63) is 102 Å². The SMILES string of the molecule is COc1ccccc1[C@H](c1cccc2ccccc12)[C@@](C)(C#N)C(O)N1CCN(C(=O)c2ccco2)CC1. The van der Waals surface area contributed by atoms with Gasteiger partial charge in [0, 0.05) is 37.7 Å². The van der Waals surface area contributed by atoms with Crippen molar-refractivity contribution < 1.29 is 19.1 Å². The number of methoxy groups -OCH3 is 1. The second-order valence-corrected chi connectivity index (χ2v) is 9.82. The number of furan rings is 1. The Hall–Kier alpha value is -4.12. The Labute approximate surface area is 222 Å². The lowest BCUT2D eigenvalue weighted by molar-refractivity contribution is -0.0823. The highest BCUT2D eigenvalue weighted by Crippen LogP contribution is 2.48. The first kappa shape index (κ1) is 25.5.